The van der Waals surface area contributed by atoms with Crippen molar-refractivity contribution in [2.45, 2.75) is 20.3 Å². The highest BCUT2D eigenvalue weighted by Gasteiger charge is 2.28. The highest BCUT2D eigenvalue weighted by molar-refractivity contribution is 6.66. The molecule has 3 rings (SSSR count). The Morgan fingerprint density at radius 2 is 1.89 bits per heavy atom. The van der Waals surface area contributed by atoms with Gasteiger partial charge < -0.3 is 0 Å². The molecular formula is C17H18B. The van der Waals surface area contributed by atoms with Gasteiger partial charge >= 0.3 is 0 Å². The van der Waals surface area contributed by atoms with Crippen molar-refractivity contribution in [3.63, 3.8) is 0 Å². The van der Waals surface area contributed by atoms with Gasteiger partial charge in [0.15, 0.2) is 7.28 Å². The van der Waals surface area contributed by atoms with Crippen molar-refractivity contribution in [1.82, 2.24) is 0 Å². The largest absolute Gasteiger partial charge is 0.186 e. The van der Waals surface area contributed by atoms with E-state index in [2.05, 4.69) is 69.7 Å². The zero-order valence-electron chi connectivity index (χ0n) is 11.1. The minimum Gasteiger partial charge on any atom is -0.101 e. The zero-order valence-corrected chi connectivity index (χ0v) is 11.1. The summed E-state index contributed by atoms with van der Waals surface area (Å²) < 4.78 is 0. The molecule has 89 valence electrons. The number of fused-ring (bicyclic) bond motifs is 1. The Kier molecular flexibility index (Phi) is 2.99. The highest BCUT2D eigenvalue weighted by atomic mass is 14.3. The first-order valence-electron chi connectivity index (χ1n) is 6.81. The molecule has 1 radical (unpaired) electrons. The second-order valence-electron chi connectivity index (χ2n) is 5.20. The molecule has 0 amide bonds. The molecule has 0 aromatic heterocycles. The third-order valence-corrected chi connectivity index (χ3v) is 4.10. The maximum Gasteiger partial charge on any atom is 0.186 e. The predicted octanol–water partition coefficient (Wildman–Crippen LogP) is 3.53. The van der Waals surface area contributed by atoms with E-state index in [1.807, 2.05) is 0 Å². The Labute approximate surface area is 110 Å². The van der Waals surface area contributed by atoms with Crippen LogP contribution in [0, 0.1) is 11.8 Å². The summed E-state index contributed by atoms with van der Waals surface area (Å²) in [6, 6.07) is 8.75. The summed E-state index contributed by atoms with van der Waals surface area (Å²) in [7, 11) is 2.32. The van der Waals surface area contributed by atoms with Gasteiger partial charge in [-0.05, 0) is 23.5 Å². The Balaban J connectivity index is 2.04. The molecule has 2 aliphatic rings. The summed E-state index contributed by atoms with van der Waals surface area (Å²) in [5.41, 5.74) is 5.76. The topological polar surface area (TPSA) is 0 Å². The minimum absolute atomic E-state index is 0.542. The summed E-state index contributed by atoms with van der Waals surface area (Å²) in [5, 5.41) is 0. The first-order chi connectivity index (χ1) is 8.81. The third kappa shape index (κ3) is 1.78. The van der Waals surface area contributed by atoms with Crippen molar-refractivity contribution >= 4 is 18.3 Å². The molecule has 2 atom stereocenters. The van der Waals surface area contributed by atoms with E-state index >= 15 is 0 Å². The molecule has 0 spiro atoms. The number of hydrogen-bond donors (Lipinski definition) is 0. The van der Waals surface area contributed by atoms with Gasteiger partial charge in [-0.3, -0.25) is 0 Å². The first kappa shape index (κ1) is 11.6. The van der Waals surface area contributed by atoms with Crippen LogP contribution in [0.3, 0.4) is 0 Å². The van der Waals surface area contributed by atoms with E-state index in [0.717, 1.165) is 0 Å². The number of rotatable bonds is 2. The van der Waals surface area contributed by atoms with Gasteiger partial charge in [0.25, 0.3) is 0 Å². The molecule has 18 heavy (non-hydrogen) atoms. The third-order valence-electron chi connectivity index (χ3n) is 4.10. The van der Waals surface area contributed by atoms with Crippen LogP contribution in [0.25, 0.3) is 5.57 Å². The van der Waals surface area contributed by atoms with Crippen LogP contribution >= 0.6 is 0 Å². The molecule has 1 aliphatic heterocycles. The van der Waals surface area contributed by atoms with E-state index in [4.69, 9.17) is 0 Å². The van der Waals surface area contributed by atoms with Gasteiger partial charge in [0.2, 0.25) is 0 Å². The van der Waals surface area contributed by atoms with Crippen molar-refractivity contribution in [1.29, 1.82) is 0 Å². The fourth-order valence-electron chi connectivity index (χ4n) is 3.19. The van der Waals surface area contributed by atoms with Crippen molar-refractivity contribution < 1.29 is 0 Å². The molecule has 1 aliphatic carbocycles. The van der Waals surface area contributed by atoms with E-state index in [1.165, 1.54) is 28.5 Å². The molecule has 0 saturated heterocycles. The van der Waals surface area contributed by atoms with E-state index in [-0.39, 0.29) is 0 Å². The maximum absolute atomic E-state index is 2.36. The summed E-state index contributed by atoms with van der Waals surface area (Å²) in [6.07, 6.45) is 10.3. The molecule has 1 aromatic carbocycles. The lowest BCUT2D eigenvalue weighted by Gasteiger charge is -2.26. The van der Waals surface area contributed by atoms with Gasteiger partial charge in [-0.15, -0.1) is 5.47 Å². The Morgan fingerprint density at radius 1 is 1.11 bits per heavy atom. The molecule has 0 N–H and O–H groups in total. The van der Waals surface area contributed by atoms with Crippen LogP contribution in [0.4, 0.5) is 0 Å². The SMILES string of the molecule is CCC1C=CC=CC1C1=C(C)[B]c2ccccc21. The quantitative estimate of drug-likeness (QED) is 0.685. The fourth-order valence-corrected chi connectivity index (χ4v) is 3.19. The van der Waals surface area contributed by atoms with Gasteiger partial charge in [-0.25, -0.2) is 0 Å². The monoisotopic (exact) mass is 233 g/mol. The smallest absolute Gasteiger partial charge is 0.101 e. The zero-order chi connectivity index (χ0) is 12.5. The second kappa shape index (κ2) is 4.64. The van der Waals surface area contributed by atoms with Crippen LogP contribution in [0.5, 0.6) is 0 Å². The summed E-state index contributed by atoms with van der Waals surface area (Å²) in [6.45, 7) is 4.52. The molecule has 2 unspecified atom stereocenters. The van der Waals surface area contributed by atoms with E-state index in [1.54, 1.807) is 0 Å². The van der Waals surface area contributed by atoms with E-state index in [9.17, 15) is 0 Å². The Hall–Kier alpha value is -1.50. The minimum atomic E-state index is 0.542. The predicted molar refractivity (Wildman–Crippen MR) is 80.0 cm³/mol. The lowest BCUT2D eigenvalue weighted by atomic mass is 9.67. The van der Waals surface area contributed by atoms with Crippen molar-refractivity contribution in [3.05, 3.63) is 59.6 Å². The molecule has 1 heterocycles. The number of hydrogen-bond acceptors (Lipinski definition) is 0. The highest BCUT2D eigenvalue weighted by Crippen LogP contribution is 2.38. The second-order valence-corrected chi connectivity index (χ2v) is 5.20. The van der Waals surface area contributed by atoms with Gasteiger partial charge in [-0.2, -0.15) is 0 Å². The van der Waals surface area contributed by atoms with Crippen LogP contribution in [-0.4, -0.2) is 7.28 Å². The molecule has 0 nitrogen and oxygen atoms in total. The normalized spacial score (nSPS) is 25.2. The van der Waals surface area contributed by atoms with Crippen molar-refractivity contribution in [2.75, 3.05) is 0 Å². The Morgan fingerprint density at radius 3 is 2.72 bits per heavy atom. The van der Waals surface area contributed by atoms with Crippen molar-refractivity contribution in [2.24, 2.45) is 11.8 Å². The van der Waals surface area contributed by atoms with Gasteiger partial charge in [0.05, 0.1) is 0 Å². The molecule has 0 fully saturated rings. The fraction of sp³-hybridized carbons (Fsp3) is 0.294. The van der Waals surface area contributed by atoms with E-state index < -0.39 is 0 Å². The van der Waals surface area contributed by atoms with Crippen LogP contribution < -0.4 is 5.46 Å². The average Bonchev–Trinajstić information content (AvgIpc) is 2.74. The summed E-state index contributed by atoms with van der Waals surface area (Å²) in [4.78, 5) is 0. The first-order valence-corrected chi connectivity index (χ1v) is 6.81. The van der Waals surface area contributed by atoms with Crippen LogP contribution in [-0.2, 0) is 0 Å². The van der Waals surface area contributed by atoms with Crippen LogP contribution in [0.2, 0.25) is 0 Å². The molecule has 0 saturated carbocycles. The maximum atomic E-state index is 2.36. The summed E-state index contributed by atoms with van der Waals surface area (Å²) in [5.74, 6) is 1.18. The van der Waals surface area contributed by atoms with Gasteiger partial charge in [0, 0.05) is 5.92 Å². The average molecular weight is 233 g/mol. The number of benzene rings is 1. The van der Waals surface area contributed by atoms with Gasteiger partial charge in [-0.1, -0.05) is 67.9 Å². The molecular weight excluding hydrogens is 215 g/mol. The standard InChI is InChI=1S/C17H18B/c1-3-13-8-4-5-9-14(13)17-12(2)18-16-11-7-6-10-15(16)17/h4-11,13-14H,3H2,1-2H3. The number of allylic oxidation sites excluding steroid dienone is 6. The molecule has 1 heteroatoms. The molecule has 1 aromatic rings. The van der Waals surface area contributed by atoms with E-state index in [0.29, 0.717) is 11.8 Å². The van der Waals surface area contributed by atoms with Crippen molar-refractivity contribution in [3.8, 4) is 0 Å². The lowest BCUT2D eigenvalue weighted by molar-refractivity contribution is 0.545. The lowest BCUT2D eigenvalue weighted by Crippen LogP contribution is -2.15. The summed E-state index contributed by atoms with van der Waals surface area (Å²) >= 11 is 0. The van der Waals surface area contributed by atoms with Crippen LogP contribution in [0.1, 0.15) is 25.8 Å². The molecule has 0 bridgehead atoms. The van der Waals surface area contributed by atoms with Gasteiger partial charge in [0.1, 0.15) is 0 Å². The Bertz CT molecular complexity index is 548. The van der Waals surface area contributed by atoms with Crippen LogP contribution in [0.15, 0.2) is 54.0 Å².